The molecule has 2 aliphatic rings. The van der Waals surface area contributed by atoms with Crippen LogP contribution in [0.2, 0.25) is 10.0 Å². The number of carboxylic acid groups (broad SMARTS) is 1. The highest BCUT2D eigenvalue weighted by Gasteiger charge is 2.52. The molecule has 1 aromatic carbocycles. The molecule has 0 saturated heterocycles. The monoisotopic (exact) mass is 487 g/mol. The zero-order chi connectivity index (χ0) is 23.6. The van der Waals surface area contributed by atoms with Crippen LogP contribution >= 0.6 is 23.2 Å². The van der Waals surface area contributed by atoms with Crippen molar-refractivity contribution in [3.8, 4) is 0 Å². The van der Waals surface area contributed by atoms with Gasteiger partial charge >= 0.3 is 5.97 Å². The molecule has 7 nitrogen and oxygen atoms in total. The number of carbonyl (C=O) groups excluding carboxylic acids is 2. The molecule has 2 aromatic rings. The van der Waals surface area contributed by atoms with E-state index in [9.17, 15) is 19.5 Å². The summed E-state index contributed by atoms with van der Waals surface area (Å²) in [6, 6.07) is 5.88. The molecule has 9 heteroatoms. The fraction of sp³-hybridized carbons (Fsp3) is 0.375. The minimum Gasteiger partial charge on any atom is -0.480 e. The highest BCUT2D eigenvalue weighted by molar-refractivity contribution is 6.40. The molecule has 1 atom stereocenters. The summed E-state index contributed by atoms with van der Waals surface area (Å²) in [4.78, 5) is 45.1. The summed E-state index contributed by atoms with van der Waals surface area (Å²) in [5.74, 6) is -1.30. The maximum absolute atomic E-state index is 12.5. The van der Waals surface area contributed by atoms with Gasteiger partial charge in [0.2, 0.25) is 0 Å². The van der Waals surface area contributed by atoms with Crippen LogP contribution in [-0.4, -0.2) is 39.5 Å². The lowest BCUT2D eigenvalue weighted by Crippen LogP contribution is -2.52. The summed E-state index contributed by atoms with van der Waals surface area (Å²) >= 11 is 12.1. The van der Waals surface area contributed by atoms with Crippen molar-refractivity contribution in [1.82, 2.24) is 4.98 Å². The number of nitrogens with zero attached hydrogens (tertiary/aromatic N) is 2. The van der Waals surface area contributed by atoms with Gasteiger partial charge < -0.3 is 10.4 Å². The number of amides is 1. The van der Waals surface area contributed by atoms with E-state index in [1.54, 1.807) is 24.3 Å². The predicted octanol–water partition coefficient (Wildman–Crippen LogP) is 5.00. The third kappa shape index (κ3) is 4.80. The fourth-order valence-corrected chi connectivity index (χ4v) is 5.12. The topological polar surface area (TPSA) is 109 Å². The SMILES string of the molecule is O=C(Nc1ccc(C[C@H](N=C2CC(=O)C23CCCCC3)C(=O)O)cc1)c1c(Cl)cncc1Cl. The molecule has 4 rings (SSSR count). The van der Waals surface area contributed by atoms with Gasteiger partial charge in [0.1, 0.15) is 5.78 Å². The molecular formula is C24H23Cl2N3O4. The van der Waals surface area contributed by atoms with Gasteiger partial charge in [-0.1, -0.05) is 54.6 Å². The minimum atomic E-state index is -1.02. The maximum atomic E-state index is 12.5. The molecule has 1 heterocycles. The molecule has 1 spiro atoms. The van der Waals surface area contributed by atoms with Gasteiger partial charge in [-0.25, -0.2) is 4.79 Å². The van der Waals surface area contributed by atoms with E-state index >= 15 is 0 Å². The van der Waals surface area contributed by atoms with Crippen molar-refractivity contribution in [1.29, 1.82) is 0 Å². The number of carboxylic acids is 1. The molecular weight excluding hydrogens is 465 g/mol. The van der Waals surface area contributed by atoms with Gasteiger partial charge in [-0.05, 0) is 30.5 Å². The van der Waals surface area contributed by atoms with Crippen molar-refractivity contribution in [2.45, 2.75) is 51.0 Å². The second kappa shape index (κ2) is 9.61. The van der Waals surface area contributed by atoms with Crippen molar-refractivity contribution in [3.63, 3.8) is 0 Å². The van der Waals surface area contributed by atoms with E-state index in [2.05, 4.69) is 15.3 Å². The Kier molecular flexibility index (Phi) is 6.81. The molecule has 0 radical (unpaired) electrons. The molecule has 172 valence electrons. The molecule has 0 unspecified atom stereocenters. The lowest BCUT2D eigenvalue weighted by atomic mass is 9.58. The van der Waals surface area contributed by atoms with Crippen LogP contribution in [0.15, 0.2) is 41.7 Å². The molecule has 2 aliphatic carbocycles. The Morgan fingerprint density at radius 3 is 2.30 bits per heavy atom. The first-order valence-electron chi connectivity index (χ1n) is 10.8. The van der Waals surface area contributed by atoms with Crippen LogP contribution in [0.3, 0.4) is 0 Å². The number of aromatic nitrogens is 1. The Hall–Kier alpha value is -2.77. The number of rotatable bonds is 6. The molecule has 2 fully saturated rings. The normalized spacial score (nSPS) is 19.2. The number of pyridine rings is 1. The Bertz CT molecular complexity index is 1100. The number of anilines is 1. The number of hydrogen-bond donors (Lipinski definition) is 2. The van der Waals surface area contributed by atoms with Crippen LogP contribution in [0.25, 0.3) is 0 Å². The molecule has 1 aromatic heterocycles. The van der Waals surface area contributed by atoms with E-state index in [0.29, 0.717) is 5.69 Å². The van der Waals surface area contributed by atoms with Crippen molar-refractivity contribution < 1.29 is 19.5 Å². The summed E-state index contributed by atoms with van der Waals surface area (Å²) < 4.78 is 0. The lowest BCUT2D eigenvalue weighted by molar-refractivity contribution is -0.138. The van der Waals surface area contributed by atoms with E-state index in [4.69, 9.17) is 23.2 Å². The van der Waals surface area contributed by atoms with Crippen molar-refractivity contribution in [2.75, 3.05) is 5.32 Å². The fourth-order valence-electron chi connectivity index (χ4n) is 4.58. The third-order valence-electron chi connectivity index (χ3n) is 6.44. The number of benzene rings is 1. The number of carbonyl (C=O) groups is 3. The summed E-state index contributed by atoms with van der Waals surface area (Å²) in [6.45, 7) is 0. The first-order chi connectivity index (χ1) is 15.8. The van der Waals surface area contributed by atoms with Gasteiger partial charge in [0.25, 0.3) is 5.91 Å². The second-order valence-electron chi connectivity index (χ2n) is 8.51. The van der Waals surface area contributed by atoms with Crippen LogP contribution < -0.4 is 5.32 Å². The maximum Gasteiger partial charge on any atom is 0.328 e. The van der Waals surface area contributed by atoms with Gasteiger partial charge in [-0.2, -0.15) is 0 Å². The first kappa shape index (κ1) is 23.4. The van der Waals surface area contributed by atoms with E-state index in [-0.39, 0.29) is 34.2 Å². The Labute approximate surface area is 201 Å². The van der Waals surface area contributed by atoms with E-state index < -0.39 is 23.3 Å². The standard InChI is InChI=1S/C24H23Cl2N3O4/c25-16-12-27-13-17(26)21(16)22(31)28-15-6-4-14(5-7-15)10-18(23(32)33)29-19-11-20(30)24(19)8-2-1-3-9-24/h4-7,12-13,18H,1-3,8-11H2,(H,28,31)(H,32,33)/t18-/m0/s1. The van der Waals surface area contributed by atoms with Crippen molar-refractivity contribution in [2.24, 2.45) is 10.4 Å². The van der Waals surface area contributed by atoms with E-state index in [1.807, 2.05) is 0 Å². The van der Waals surface area contributed by atoms with Gasteiger partial charge in [0, 0.05) is 36.6 Å². The number of nitrogens with one attached hydrogen (secondary N) is 1. The van der Waals surface area contributed by atoms with Crippen LogP contribution in [-0.2, 0) is 16.0 Å². The van der Waals surface area contributed by atoms with Crippen LogP contribution in [0.4, 0.5) is 5.69 Å². The number of aliphatic carboxylic acids is 1. The zero-order valence-corrected chi connectivity index (χ0v) is 19.3. The summed E-state index contributed by atoms with van der Waals surface area (Å²) in [5, 5.41) is 12.7. The van der Waals surface area contributed by atoms with Gasteiger partial charge in [-0.3, -0.25) is 19.6 Å². The third-order valence-corrected chi connectivity index (χ3v) is 7.01. The molecule has 0 bridgehead atoms. The minimum absolute atomic E-state index is 0.130. The molecule has 2 N–H and O–H groups in total. The highest BCUT2D eigenvalue weighted by atomic mass is 35.5. The zero-order valence-electron chi connectivity index (χ0n) is 17.8. The van der Waals surface area contributed by atoms with Gasteiger partial charge in [0.05, 0.1) is 21.0 Å². The van der Waals surface area contributed by atoms with Gasteiger partial charge in [-0.15, -0.1) is 0 Å². The lowest BCUT2D eigenvalue weighted by Gasteiger charge is -2.44. The van der Waals surface area contributed by atoms with Crippen molar-refractivity contribution >= 4 is 52.3 Å². The number of ketones is 1. The van der Waals surface area contributed by atoms with Crippen LogP contribution in [0.1, 0.15) is 54.4 Å². The largest absolute Gasteiger partial charge is 0.480 e. The number of aliphatic imine (C=N–C) groups is 1. The summed E-state index contributed by atoms with van der Waals surface area (Å²) in [6.07, 6.45) is 7.74. The highest BCUT2D eigenvalue weighted by Crippen LogP contribution is 2.47. The average molecular weight is 488 g/mol. The number of halogens is 2. The van der Waals surface area contributed by atoms with Crippen LogP contribution in [0.5, 0.6) is 0 Å². The van der Waals surface area contributed by atoms with E-state index in [0.717, 1.165) is 43.4 Å². The molecule has 2 saturated carbocycles. The molecule has 33 heavy (non-hydrogen) atoms. The number of Topliss-reactive ketones (excluding diaryl/α,β-unsaturated/α-hetero) is 1. The Morgan fingerprint density at radius 2 is 1.73 bits per heavy atom. The molecule has 1 amide bonds. The predicted molar refractivity (Wildman–Crippen MR) is 126 cm³/mol. The smallest absolute Gasteiger partial charge is 0.328 e. The van der Waals surface area contributed by atoms with Crippen LogP contribution in [0, 0.1) is 5.41 Å². The molecule has 0 aliphatic heterocycles. The number of hydrogen-bond acceptors (Lipinski definition) is 5. The Balaban J connectivity index is 1.45. The quantitative estimate of drug-likeness (QED) is 0.595. The van der Waals surface area contributed by atoms with Crippen molar-refractivity contribution in [3.05, 3.63) is 57.8 Å². The summed E-state index contributed by atoms with van der Waals surface area (Å²) in [5.41, 5.74) is 1.63. The van der Waals surface area contributed by atoms with E-state index in [1.165, 1.54) is 12.4 Å². The summed E-state index contributed by atoms with van der Waals surface area (Å²) in [7, 11) is 0. The Morgan fingerprint density at radius 1 is 1.09 bits per heavy atom. The van der Waals surface area contributed by atoms with Gasteiger partial charge in [0.15, 0.2) is 6.04 Å². The first-order valence-corrected chi connectivity index (χ1v) is 11.6. The average Bonchev–Trinajstić information content (AvgIpc) is 2.79. The second-order valence-corrected chi connectivity index (χ2v) is 9.32.